The predicted molar refractivity (Wildman–Crippen MR) is 143 cm³/mol. The van der Waals surface area contributed by atoms with Crippen molar-refractivity contribution in [3.63, 3.8) is 0 Å². The molecule has 1 N–H and O–H groups in total. The molecule has 8 nitrogen and oxygen atoms in total. The van der Waals surface area contributed by atoms with Crippen LogP contribution in [-0.2, 0) is 18.2 Å². The Morgan fingerprint density at radius 3 is 2.60 bits per heavy atom. The van der Waals surface area contributed by atoms with Gasteiger partial charge in [-0.3, -0.25) is 9.36 Å². The molecule has 0 amide bonds. The number of ether oxygens (including phenoxy) is 1. The predicted octanol–water partition coefficient (Wildman–Crippen LogP) is 3.48. The zero-order chi connectivity index (χ0) is 25.1. The Morgan fingerprint density at radius 2 is 1.97 bits per heavy atom. The maximum atomic E-state index is 13.6. The normalized spacial score (nSPS) is 17.6. The third kappa shape index (κ3) is 5.03. The molecule has 8 heteroatoms. The van der Waals surface area contributed by atoms with Crippen LogP contribution in [0.3, 0.4) is 0 Å². The molecule has 3 aromatic rings. The molecule has 35 heavy (non-hydrogen) atoms. The van der Waals surface area contributed by atoms with Gasteiger partial charge in [-0.2, -0.15) is 0 Å². The Kier molecular flexibility index (Phi) is 7.40. The van der Waals surface area contributed by atoms with E-state index in [1.54, 1.807) is 17.8 Å². The fourth-order valence-electron chi connectivity index (χ4n) is 4.67. The number of rotatable bonds is 8. The van der Waals surface area contributed by atoms with Crippen molar-refractivity contribution in [3.05, 3.63) is 64.2 Å². The van der Waals surface area contributed by atoms with E-state index in [1.807, 2.05) is 52.2 Å². The van der Waals surface area contributed by atoms with Gasteiger partial charge >= 0.3 is 0 Å². The van der Waals surface area contributed by atoms with Gasteiger partial charge < -0.3 is 19.9 Å². The number of benzene rings is 1. The van der Waals surface area contributed by atoms with Crippen molar-refractivity contribution < 1.29 is 4.74 Å². The maximum Gasteiger partial charge on any atom is 0.277 e. The van der Waals surface area contributed by atoms with E-state index in [9.17, 15) is 4.79 Å². The molecule has 2 atom stereocenters. The molecule has 4 rings (SSSR count). The van der Waals surface area contributed by atoms with Crippen molar-refractivity contribution in [2.75, 3.05) is 48.9 Å². The maximum absolute atomic E-state index is 13.6. The Hall–Kier alpha value is -3.39. The van der Waals surface area contributed by atoms with Gasteiger partial charge in [0.25, 0.3) is 5.56 Å². The molecule has 0 bridgehead atoms. The van der Waals surface area contributed by atoms with Crippen LogP contribution in [0.25, 0.3) is 11.4 Å². The molecule has 1 aliphatic heterocycles. The molecule has 1 saturated heterocycles. The summed E-state index contributed by atoms with van der Waals surface area (Å²) in [5, 5.41) is 3.52. The first kappa shape index (κ1) is 24.7. The summed E-state index contributed by atoms with van der Waals surface area (Å²) in [4.78, 5) is 27.3. The highest BCUT2D eigenvalue weighted by Gasteiger charge is 2.35. The minimum absolute atomic E-state index is 0.0521. The number of nitrogens with one attached hydrogen (secondary N) is 1. The van der Waals surface area contributed by atoms with E-state index in [0.717, 1.165) is 28.3 Å². The lowest BCUT2D eigenvalue weighted by molar-refractivity contribution is 0.0719. The molecule has 186 valence electrons. The van der Waals surface area contributed by atoms with Crippen LogP contribution in [0.1, 0.15) is 25.1 Å². The molecule has 0 spiro atoms. The third-order valence-corrected chi connectivity index (χ3v) is 6.62. The number of anilines is 3. The van der Waals surface area contributed by atoms with Gasteiger partial charge in [-0.15, -0.1) is 0 Å². The van der Waals surface area contributed by atoms with E-state index in [4.69, 9.17) is 9.72 Å². The average Bonchev–Trinajstić information content (AvgIpc) is 3.25. The number of hydrogen-bond acceptors (Lipinski definition) is 7. The number of aromatic nitrogens is 3. The highest BCUT2D eigenvalue weighted by molar-refractivity contribution is 5.67. The smallest absolute Gasteiger partial charge is 0.277 e. The number of aryl methyl sites for hydroxylation is 2. The van der Waals surface area contributed by atoms with Gasteiger partial charge in [0.05, 0.1) is 17.8 Å². The summed E-state index contributed by atoms with van der Waals surface area (Å²) in [6.07, 6.45) is 2.39. The Bertz CT molecular complexity index is 1220. The molecular weight excluding hydrogens is 440 g/mol. The Morgan fingerprint density at radius 1 is 1.17 bits per heavy atom. The van der Waals surface area contributed by atoms with Gasteiger partial charge in [-0.05, 0) is 56.2 Å². The topological polar surface area (TPSA) is 75.5 Å². The van der Waals surface area contributed by atoms with Gasteiger partial charge in [0, 0.05) is 58.3 Å². The van der Waals surface area contributed by atoms with Crippen molar-refractivity contribution in [1.82, 2.24) is 14.5 Å². The monoisotopic (exact) mass is 476 g/mol. The number of nitrogens with zero attached hydrogens (tertiary/aromatic N) is 5. The molecule has 0 saturated carbocycles. The van der Waals surface area contributed by atoms with Crippen molar-refractivity contribution in [2.45, 2.75) is 39.3 Å². The Labute approximate surface area is 207 Å². The van der Waals surface area contributed by atoms with E-state index in [0.29, 0.717) is 37.6 Å². The van der Waals surface area contributed by atoms with Gasteiger partial charge in [0.15, 0.2) is 0 Å². The summed E-state index contributed by atoms with van der Waals surface area (Å²) < 4.78 is 7.71. The number of pyridine rings is 1. The van der Waals surface area contributed by atoms with Crippen molar-refractivity contribution >= 4 is 17.2 Å². The summed E-state index contributed by atoms with van der Waals surface area (Å²) >= 11 is 0. The lowest BCUT2D eigenvalue weighted by Gasteiger charge is -2.23. The minimum Gasteiger partial charge on any atom is -0.378 e. The van der Waals surface area contributed by atoms with E-state index in [1.165, 1.54) is 0 Å². The zero-order valence-electron chi connectivity index (χ0n) is 21.6. The standard InChI is InChI=1S/C27H36N6O2/c1-7-21-25(29-22-16-33(17-23(22)35-8-2)24-11-9-10-14-28-24)27(34)32(6)26(30-21)20-13-12-19(31(4)5)15-18(20)3/h9-15,22-23,29H,7-8,16-17H2,1-6H3/t22?,23-/m0/s1. The molecule has 0 radical (unpaired) electrons. The number of hydrogen-bond donors (Lipinski definition) is 1. The second-order valence-corrected chi connectivity index (χ2v) is 9.21. The van der Waals surface area contributed by atoms with Gasteiger partial charge in [0.1, 0.15) is 17.3 Å². The molecule has 3 heterocycles. The first-order valence-corrected chi connectivity index (χ1v) is 12.3. The summed E-state index contributed by atoms with van der Waals surface area (Å²) in [6, 6.07) is 12.1. The molecule has 1 aliphatic rings. The van der Waals surface area contributed by atoms with Gasteiger partial charge in [-0.25, -0.2) is 9.97 Å². The van der Waals surface area contributed by atoms with E-state index in [-0.39, 0.29) is 17.7 Å². The van der Waals surface area contributed by atoms with E-state index >= 15 is 0 Å². The minimum atomic E-state index is -0.0746. The van der Waals surface area contributed by atoms with Crippen LogP contribution < -0.4 is 20.7 Å². The van der Waals surface area contributed by atoms with Crippen molar-refractivity contribution in [1.29, 1.82) is 0 Å². The molecule has 1 unspecified atom stereocenters. The lowest BCUT2D eigenvalue weighted by Crippen LogP contribution is -2.38. The summed E-state index contributed by atoms with van der Waals surface area (Å²) in [5.74, 6) is 1.60. The SMILES string of the molecule is CCO[C@H]1CN(c2ccccn2)CC1Nc1c(CC)nc(-c2ccc(N(C)C)cc2C)n(C)c1=O. The fraction of sp³-hybridized carbons (Fsp3) is 0.444. The van der Waals surface area contributed by atoms with Gasteiger partial charge in [0.2, 0.25) is 0 Å². The fourth-order valence-corrected chi connectivity index (χ4v) is 4.67. The Balaban J connectivity index is 1.68. The molecule has 1 fully saturated rings. The molecule has 2 aromatic heterocycles. The van der Waals surface area contributed by atoms with Crippen molar-refractivity contribution in [2.24, 2.45) is 7.05 Å². The second-order valence-electron chi connectivity index (χ2n) is 9.21. The van der Waals surface area contributed by atoms with Gasteiger partial charge in [-0.1, -0.05) is 13.0 Å². The summed E-state index contributed by atoms with van der Waals surface area (Å²) in [5.41, 5.74) is 4.41. The molecular formula is C27H36N6O2. The van der Waals surface area contributed by atoms with Crippen LogP contribution in [-0.4, -0.2) is 60.5 Å². The second kappa shape index (κ2) is 10.5. The van der Waals surface area contributed by atoms with Crippen LogP contribution in [0, 0.1) is 6.92 Å². The highest BCUT2D eigenvalue weighted by Crippen LogP contribution is 2.27. The average molecular weight is 477 g/mol. The third-order valence-electron chi connectivity index (χ3n) is 6.62. The van der Waals surface area contributed by atoms with E-state index in [2.05, 4.69) is 39.2 Å². The molecule has 1 aromatic carbocycles. The first-order valence-electron chi connectivity index (χ1n) is 12.3. The van der Waals surface area contributed by atoms with Crippen LogP contribution >= 0.6 is 0 Å². The van der Waals surface area contributed by atoms with E-state index < -0.39 is 0 Å². The summed E-state index contributed by atoms with van der Waals surface area (Å²) in [6.45, 7) is 8.11. The zero-order valence-corrected chi connectivity index (χ0v) is 21.6. The van der Waals surface area contributed by atoms with Crippen LogP contribution in [0.4, 0.5) is 17.2 Å². The first-order chi connectivity index (χ1) is 16.8. The van der Waals surface area contributed by atoms with Crippen molar-refractivity contribution in [3.8, 4) is 11.4 Å². The van der Waals surface area contributed by atoms with Crippen LogP contribution in [0.2, 0.25) is 0 Å². The molecule has 0 aliphatic carbocycles. The lowest BCUT2D eigenvalue weighted by atomic mass is 10.1. The van der Waals surface area contributed by atoms with Crippen LogP contribution in [0.5, 0.6) is 0 Å². The van der Waals surface area contributed by atoms with Crippen LogP contribution in [0.15, 0.2) is 47.4 Å². The summed E-state index contributed by atoms with van der Waals surface area (Å²) in [7, 11) is 5.83. The largest absolute Gasteiger partial charge is 0.378 e. The quantitative estimate of drug-likeness (QED) is 0.533. The highest BCUT2D eigenvalue weighted by atomic mass is 16.5.